The summed E-state index contributed by atoms with van der Waals surface area (Å²) in [7, 11) is 0. The van der Waals surface area contributed by atoms with Crippen molar-refractivity contribution in [2.75, 3.05) is 5.73 Å². The van der Waals surface area contributed by atoms with Gasteiger partial charge >= 0.3 is 5.97 Å². The highest BCUT2D eigenvalue weighted by atomic mass is 32.1. The van der Waals surface area contributed by atoms with Crippen LogP contribution in [0.15, 0.2) is 12.3 Å². The average molecular weight is 242 g/mol. The minimum atomic E-state index is -1.16. The zero-order valence-electron chi connectivity index (χ0n) is 8.84. The number of rotatable bonds is 4. The van der Waals surface area contributed by atoms with Gasteiger partial charge in [-0.2, -0.15) is 12.6 Å². The highest BCUT2D eigenvalue weighted by molar-refractivity contribution is 7.82. The number of nitrogen functional groups attached to an aromatic ring is 1. The number of nitrogens with zero attached hydrogens (tertiary/aromatic N) is 1. The summed E-state index contributed by atoms with van der Waals surface area (Å²) >= 11 is 4.06. The van der Waals surface area contributed by atoms with Crippen LogP contribution < -0.4 is 5.73 Å². The minimum Gasteiger partial charge on any atom is -0.480 e. The predicted octanol–water partition coefficient (Wildman–Crippen LogP) is 0.472. The largest absolute Gasteiger partial charge is 0.480 e. The van der Waals surface area contributed by atoms with Gasteiger partial charge in [0.1, 0.15) is 10.6 Å². The first-order valence-electron chi connectivity index (χ1n) is 4.66. The predicted molar refractivity (Wildman–Crippen MR) is 63.3 cm³/mol. The lowest BCUT2D eigenvalue weighted by Crippen LogP contribution is -2.31. The molecule has 1 rings (SSSR count). The Morgan fingerprint density at radius 3 is 2.81 bits per heavy atom. The van der Waals surface area contributed by atoms with Crippen molar-refractivity contribution in [3.63, 3.8) is 0 Å². The molecule has 1 unspecified atom stereocenters. The normalized spacial score (nSPS) is 14.4. The molecule has 0 saturated heterocycles. The first-order valence-corrected chi connectivity index (χ1v) is 5.11. The van der Waals surface area contributed by atoms with Crippen molar-refractivity contribution in [3.8, 4) is 0 Å². The van der Waals surface area contributed by atoms with Crippen LogP contribution in [0.5, 0.6) is 0 Å². The van der Waals surface area contributed by atoms with Crippen molar-refractivity contribution in [1.29, 1.82) is 0 Å². The number of pyridine rings is 1. The van der Waals surface area contributed by atoms with Gasteiger partial charge in [0.25, 0.3) is 0 Å². The Morgan fingerprint density at radius 1 is 1.69 bits per heavy atom. The number of hydrogen-bond donors (Lipinski definition) is 4. The van der Waals surface area contributed by atoms with Gasteiger partial charge < -0.3 is 15.9 Å². The highest BCUT2D eigenvalue weighted by Gasteiger charge is 2.28. The molecule has 1 atom stereocenters. The number of aliphatic carboxylic acids is 1. The number of thiol groups is 1. The molecule has 1 aromatic heterocycles. The number of anilines is 1. The van der Waals surface area contributed by atoms with Crippen molar-refractivity contribution >= 4 is 24.4 Å². The zero-order chi connectivity index (χ0) is 12.3. The fraction of sp³-hybridized carbons (Fsp3) is 0.400. The smallest absolute Gasteiger partial charge is 0.319 e. The molecule has 88 valence electrons. The Kier molecular flexibility index (Phi) is 3.77. The van der Waals surface area contributed by atoms with E-state index in [1.165, 1.54) is 13.1 Å². The molecule has 1 heterocycles. The van der Waals surface area contributed by atoms with E-state index in [0.717, 1.165) is 0 Å². The lowest BCUT2D eigenvalue weighted by molar-refractivity contribution is -0.139. The summed E-state index contributed by atoms with van der Waals surface area (Å²) in [4.78, 5) is 14.8. The van der Waals surface area contributed by atoms with E-state index in [9.17, 15) is 4.79 Å². The van der Waals surface area contributed by atoms with Gasteiger partial charge in [0.15, 0.2) is 0 Å². The van der Waals surface area contributed by atoms with Crippen LogP contribution in [0.1, 0.15) is 18.1 Å². The molecule has 16 heavy (non-hydrogen) atoms. The maximum Gasteiger partial charge on any atom is 0.319 e. The molecule has 0 aliphatic rings. The van der Waals surface area contributed by atoms with Crippen molar-refractivity contribution < 1.29 is 15.0 Å². The molecule has 1 aromatic rings. The zero-order valence-corrected chi connectivity index (χ0v) is 9.74. The van der Waals surface area contributed by atoms with E-state index in [-0.39, 0.29) is 18.8 Å². The lowest BCUT2D eigenvalue weighted by atomic mass is 10.0. The van der Waals surface area contributed by atoms with E-state index < -0.39 is 10.7 Å². The maximum absolute atomic E-state index is 10.9. The lowest BCUT2D eigenvalue weighted by Gasteiger charge is -2.18. The van der Waals surface area contributed by atoms with E-state index in [0.29, 0.717) is 11.1 Å². The molecule has 0 spiro atoms. The molecule has 4 N–H and O–H groups in total. The Hall–Kier alpha value is -1.27. The second-order valence-corrected chi connectivity index (χ2v) is 4.79. The molecular weight excluding hydrogens is 228 g/mol. The molecule has 0 amide bonds. The first-order chi connectivity index (χ1) is 7.36. The molecule has 0 saturated carbocycles. The van der Waals surface area contributed by atoms with Gasteiger partial charge in [-0.3, -0.25) is 4.79 Å². The van der Waals surface area contributed by atoms with Crippen LogP contribution in [-0.4, -0.2) is 25.9 Å². The number of nitrogens with two attached hydrogens (primary N) is 1. The Balaban J connectivity index is 2.94. The van der Waals surface area contributed by atoms with Crippen LogP contribution >= 0.6 is 12.6 Å². The molecule has 5 nitrogen and oxygen atoms in total. The molecule has 6 heteroatoms. The number of carbonyl (C=O) groups is 1. The van der Waals surface area contributed by atoms with Gasteiger partial charge in [0, 0.05) is 11.8 Å². The van der Waals surface area contributed by atoms with Gasteiger partial charge in [-0.1, -0.05) is 0 Å². The van der Waals surface area contributed by atoms with Gasteiger partial charge in [-0.25, -0.2) is 4.98 Å². The van der Waals surface area contributed by atoms with Crippen molar-refractivity contribution in [2.24, 2.45) is 0 Å². The molecule has 0 aliphatic heterocycles. The van der Waals surface area contributed by atoms with Gasteiger partial charge in [0.2, 0.25) is 0 Å². The summed E-state index contributed by atoms with van der Waals surface area (Å²) in [6.45, 7) is 1.29. The van der Waals surface area contributed by atoms with E-state index in [1.807, 2.05) is 0 Å². The standard InChI is InChI=1S/C10H14N2O3S/c1-10(16,9(14)15)3-6-2-7(5-13)8(11)12-4-6/h2,4,13,16H,3,5H2,1H3,(H2,11,12)(H,14,15). The van der Waals surface area contributed by atoms with Crippen molar-refractivity contribution in [3.05, 3.63) is 23.4 Å². The van der Waals surface area contributed by atoms with E-state index in [1.54, 1.807) is 6.07 Å². The van der Waals surface area contributed by atoms with Crippen LogP contribution in [-0.2, 0) is 17.8 Å². The Morgan fingerprint density at radius 2 is 2.31 bits per heavy atom. The van der Waals surface area contributed by atoms with Crippen LogP contribution in [0.4, 0.5) is 5.82 Å². The number of aliphatic hydroxyl groups excluding tert-OH is 1. The molecular formula is C10H14N2O3S. The van der Waals surface area contributed by atoms with E-state index >= 15 is 0 Å². The molecule has 0 aromatic carbocycles. The summed E-state index contributed by atoms with van der Waals surface area (Å²) in [5, 5.41) is 17.9. The maximum atomic E-state index is 10.9. The monoisotopic (exact) mass is 242 g/mol. The highest BCUT2D eigenvalue weighted by Crippen LogP contribution is 2.21. The van der Waals surface area contributed by atoms with Crippen LogP contribution in [0, 0.1) is 0 Å². The summed E-state index contributed by atoms with van der Waals surface area (Å²) < 4.78 is -1.16. The Bertz CT molecular complexity index is 407. The van der Waals surface area contributed by atoms with Crippen LogP contribution in [0.3, 0.4) is 0 Å². The van der Waals surface area contributed by atoms with Crippen molar-refractivity contribution in [2.45, 2.75) is 24.7 Å². The topological polar surface area (TPSA) is 96.4 Å². The van der Waals surface area contributed by atoms with Gasteiger partial charge in [-0.05, 0) is 25.0 Å². The van der Waals surface area contributed by atoms with E-state index in [4.69, 9.17) is 15.9 Å². The minimum absolute atomic E-state index is 0.214. The molecule has 0 fully saturated rings. The van der Waals surface area contributed by atoms with Crippen LogP contribution in [0.25, 0.3) is 0 Å². The van der Waals surface area contributed by atoms with Crippen molar-refractivity contribution in [1.82, 2.24) is 4.98 Å². The van der Waals surface area contributed by atoms with Crippen LogP contribution in [0.2, 0.25) is 0 Å². The number of hydrogen-bond acceptors (Lipinski definition) is 5. The first kappa shape index (κ1) is 12.8. The summed E-state index contributed by atoms with van der Waals surface area (Å²) in [6, 6.07) is 1.64. The third-order valence-corrected chi connectivity index (χ3v) is 2.59. The fourth-order valence-electron chi connectivity index (χ4n) is 1.27. The number of carboxylic acids is 1. The summed E-state index contributed by atoms with van der Waals surface area (Å²) in [5.74, 6) is -0.749. The molecule has 0 bridgehead atoms. The fourth-order valence-corrected chi connectivity index (χ4v) is 1.45. The third-order valence-electron chi connectivity index (χ3n) is 2.24. The Labute approximate surface area is 98.7 Å². The van der Waals surface area contributed by atoms with Gasteiger partial charge in [-0.15, -0.1) is 0 Å². The molecule has 0 radical (unpaired) electrons. The summed E-state index contributed by atoms with van der Waals surface area (Å²) in [5.41, 5.74) is 6.69. The van der Waals surface area contributed by atoms with E-state index in [2.05, 4.69) is 17.6 Å². The second-order valence-electron chi connectivity index (χ2n) is 3.80. The number of carboxylic acid groups (broad SMARTS) is 1. The average Bonchev–Trinajstić information content (AvgIpc) is 2.20. The quantitative estimate of drug-likeness (QED) is 0.576. The molecule has 0 aliphatic carbocycles. The number of aliphatic hydroxyl groups is 1. The second kappa shape index (κ2) is 4.71. The SMILES string of the molecule is CC(S)(Cc1cnc(N)c(CO)c1)C(=O)O. The third kappa shape index (κ3) is 2.86. The number of aromatic nitrogens is 1. The summed E-state index contributed by atoms with van der Waals surface area (Å²) in [6.07, 6.45) is 1.71. The van der Waals surface area contributed by atoms with Gasteiger partial charge in [0.05, 0.1) is 6.61 Å².